The number of anilines is 1. The number of primary amides is 1. The molecule has 0 saturated heterocycles. The summed E-state index contributed by atoms with van der Waals surface area (Å²) in [4.78, 5) is 24.1. The smallest absolute Gasteiger partial charge is 0.251 e. The van der Waals surface area contributed by atoms with Crippen LogP contribution in [0.15, 0.2) is 34.5 Å². The Kier molecular flexibility index (Phi) is 5.87. The van der Waals surface area contributed by atoms with E-state index in [1.54, 1.807) is 18.5 Å². The highest BCUT2D eigenvalue weighted by Crippen LogP contribution is 2.46. The van der Waals surface area contributed by atoms with Crippen molar-refractivity contribution < 1.29 is 18.5 Å². The Morgan fingerprint density at radius 1 is 1.32 bits per heavy atom. The molecule has 3 N–H and O–H groups in total. The first-order valence-electron chi connectivity index (χ1n) is 8.74. The molecule has 9 heteroatoms. The topological polar surface area (TPSA) is 102 Å². The Morgan fingerprint density at radius 3 is 2.50 bits per heavy atom. The quantitative estimate of drug-likeness (QED) is 0.684. The van der Waals surface area contributed by atoms with Crippen LogP contribution in [-0.4, -0.2) is 34.5 Å². The summed E-state index contributed by atoms with van der Waals surface area (Å²) in [6.07, 6.45) is 1.64. The molecule has 150 valence electrons. The maximum absolute atomic E-state index is 12.9. The second-order valence-corrected chi connectivity index (χ2v) is 9.94. The number of methoxy groups -OCH3 is 1. The zero-order valence-corrected chi connectivity index (χ0v) is 17.6. The van der Waals surface area contributed by atoms with E-state index in [9.17, 15) is 13.8 Å². The van der Waals surface area contributed by atoms with Crippen molar-refractivity contribution >= 4 is 39.1 Å². The van der Waals surface area contributed by atoms with E-state index in [1.807, 2.05) is 31.2 Å². The van der Waals surface area contributed by atoms with Crippen LogP contribution < -0.4 is 15.8 Å². The van der Waals surface area contributed by atoms with Gasteiger partial charge in [0.1, 0.15) is 25.9 Å². The number of nitrogens with zero attached hydrogens (tertiary/aromatic N) is 1. The summed E-state index contributed by atoms with van der Waals surface area (Å²) in [5.41, 5.74) is 6.22. The van der Waals surface area contributed by atoms with Crippen molar-refractivity contribution in [1.82, 2.24) is 4.31 Å². The average Bonchev–Trinajstić information content (AvgIpc) is 3.28. The molecule has 0 spiro atoms. The van der Waals surface area contributed by atoms with E-state index >= 15 is 0 Å². The third-order valence-corrected chi connectivity index (χ3v) is 7.45. The molecular weight excluding hydrogens is 398 g/mol. The third kappa shape index (κ3) is 4.43. The highest BCUT2D eigenvalue weighted by Gasteiger charge is 2.45. The van der Waals surface area contributed by atoms with Crippen LogP contribution in [0, 0.1) is 5.41 Å². The first kappa shape index (κ1) is 20.5. The molecule has 1 atom stereocenters. The monoisotopic (exact) mass is 421 g/mol. The minimum atomic E-state index is -1.50. The van der Waals surface area contributed by atoms with Crippen LogP contribution in [0.3, 0.4) is 0 Å². The minimum absolute atomic E-state index is 0.138. The molecule has 1 heterocycles. The largest absolute Gasteiger partial charge is 0.497 e. The molecule has 1 aliphatic rings. The fourth-order valence-electron chi connectivity index (χ4n) is 2.60. The predicted molar refractivity (Wildman–Crippen MR) is 110 cm³/mol. The number of nitrogens with one attached hydrogen (secondary N) is 1. The molecule has 7 nitrogen and oxygen atoms in total. The maximum atomic E-state index is 12.9. The lowest BCUT2D eigenvalue weighted by atomic mass is 10.1. The molecule has 1 fully saturated rings. The Balaban J connectivity index is 1.75. The van der Waals surface area contributed by atoms with Gasteiger partial charge in [-0.2, -0.15) is 0 Å². The Bertz CT molecular complexity index is 920. The number of nitrogens with two attached hydrogens (primary N) is 1. The molecule has 0 aliphatic heterocycles. The van der Waals surface area contributed by atoms with E-state index in [1.165, 1.54) is 6.07 Å². The van der Waals surface area contributed by atoms with Crippen molar-refractivity contribution in [1.29, 1.82) is 0 Å². The van der Waals surface area contributed by atoms with E-state index < -0.39 is 16.9 Å². The van der Waals surface area contributed by atoms with Gasteiger partial charge in [0.2, 0.25) is 5.91 Å². The number of thiophene rings is 1. The molecule has 3 rings (SSSR count). The van der Waals surface area contributed by atoms with Gasteiger partial charge in [0, 0.05) is 19.0 Å². The second-order valence-electron chi connectivity index (χ2n) is 7.07. The fraction of sp³-hybridized carbons (Fsp3) is 0.368. The van der Waals surface area contributed by atoms with Crippen molar-refractivity contribution in [3.63, 3.8) is 0 Å². The van der Waals surface area contributed by atoms with Gasteiger partial charge in [-0.3, -0.25) is 9.59 Å². The van der Waals surface area contributed by atoms with E-state index in [4.69, 9.17) is 10.5 Å². The molecule has 1 aromatic heterocycles. The van der Waals surface area contributed by atoms with E-state index in [0.717, 1.165) is 35.5 Å². The lowest BCUT2D eigenvalue weighted by molar-refractivity contribution is -0.120. The SMILES string of the molecule is COc1ccc(CN(C)S(=O)c2cc(C(N)=O)c(NC(=O)C3(C)CC3)s2)cc1. The van der Waals surface area contributed by atoms with Crippen molar-refractivity contribution in [3.05, 3.63) is 41.5 Å². The van der Waals surface area contributed by atoms with E-state index in [0.29, 0.717) is 15.8 Å². The standard InChI is InChI=1S/C19H23N3O4S2/c1-19(8-9-19)18(24)21-17-14(16(20)23)10-15(27-17)28(25)22(2)11-12-4-6-13(26-3)7-5-12/h4-7,10H,8-9,11H2,1-3H3,(H2,20,23)(H,21,24). The number of carbonyl (C=O) groups is 2. The van der Waals surface area contributed by atoms with Gasteiger partial charge >= 0.3 is 0 Å². The zero-order chi connectivity index (χ0) is 20.5. The molecule has 0 radical (unpaired) electrons. The number of carbonyl (C=O) groups excluding carboxylic acids is 2. The van der Waals surface area contributed by atoms with Crippen LogP contribution in [0.1, 0.15) is 35.7 Å². The number of hydrogen-bond acceptors (Lipinski definition) is 5. The normalized spacial score (nSPS) is 15.9. The molecule has 1 aliphatic carbocycles. The van der Waals surface area contributed by atoms with Crippen LogP contribution in [0.2, 0.25) is 0 Å². The summed E-state index contributed by atoms with van der Waals surface area (Å²) in [7, 11) is 1.83. The summed E-state index contributed by atoms with van der Waals surface area (Å²) in [5.74, 6) is -0.0454. The zero-order valence-electron chi connectivity index (χ0n) is 16.0. The number of amides is 2. The van der Waals surface area contributed by atoms with Crippen molar-refractivity contribution in [2.75, 3.05) is 19.5 Å². The first-order chi connectivity index (χ1) is 13.2. The van der Waals surface area contributed by atoms with Gasteiger partial charge < -0.3 is 15.8 Å². The predicted octanol–water partition coefficient (Wildman–Crippen LogP) is 2.75. The molecule has 2 aromatic rings. The summed E-state index contributed by atoms with van der Waals surface area (Å²) >= 11 is 1.12. The number of rotatable bonds is 8. The highest BCUT2D eigenvalue weighted by atomic mass is 32.2. The summed E-state index contributed by atoms with van der Waals surface area (Å²) in [6, 6.07) is 8.98. The number of benzene rings is 1. The number of hydrogen-bond donors (Lipinski definition) is 2. The minimum Gasteiger partial charge on any atom is -0.497 e. The molecule has 1 unspecified atom stereocenters. The molecule has 1 aromatic carbocycles. The lowest BCUT2D eigenvalue weighted by Gasteiger charge is -2.15. The molecule has 28 heavy (non-hydrogen) atoms. The van der Waals surface area contributed by atoms with Crippen LogP contribution in [0.4, 0.5) is 5.00 Å². The van der Waals surface area contributed by atoms with Crippen molar-refractivity contribution in [2.24, 2.45) is 11.1 Å². The van der Waals surface area contributed by atoms with Gasteiger partial charge in [0.25, 0.3) is 5.91 Å². The van der Waals surface area contributed by atoms with Gasteiger partial charge in [0.05, 0.1) is 12.7 Å². The van der Waals surface area contributed by atoms with Crippen molar-refractivity contribution in [3.8, 4) is 5.75 Å². The number of ether oxygens (including phenoxy) is 1. The molecule has 1 saturated carbocycles. The van der Waals surface area contributed by atoms with Gasteiger partial charge in [-0.25, -0.2) is 8.51 Å². The van der Waals surface area contributed by atoms with Gasteiger partial charge in [-0.05, 0) is 36.6 Å². The van der Waals surface area contributed by atoms with E-state index in [-0.39, 0.29) is 16.9 Å². The van der Waals surface area contributed by atoms with Crippen LogP contribution in [0.25, 0.3) is 0 Å². The van der Waals surface area contributed by atoms with Gasteiger partial charge in [-0.1, -0.05) is 19.1 Å². The van der Waals surface area contributed by atoms with Gasteiger partial charge in [-0.15, -0.1) is 11.3 Å². The van der Waals surface area contributed by atoms with Crippen LogP contribution >= 0.6 is 11.3 Å². The van der Waals surface area contributed by atoms with Gasteiger partial charge in [0.15, 0.2) is 0 Å². The Morgan fingerprint density at radius 2 is 1.96 bits per heavy atom. The third-order valence-electron chi connectivity index (χ3n) is 4.77. The highest BCUT2D eigenvalue weighted by molar-refractivity contribution is 7.85. The molecule has 0 bridgehead atoms. The summed E-state index contributed by atoms with van der Waals surface area (Å²) in [5, 5.41) is 3.14. The Labute approximate surface area is 170 Å². The summed E-state index contributed by atoms with van der Waals surface area (Å²) < 4.78 is 20.2. The summed E-state index contributed by atoms with van der Waals surface area (Å²) in [6.45, 7) is 2.32. The first-order valence-corrected chi connectivity index (χ1v) is 10.7. The van der Waals surface area contributed by atoms with E-state index in [2.05, 4.69) is 5.32 Å². The maximum Gasteiger partial charge on any atom is 0.251 e. The lowest BCUT2D eigenvalue weighted by Crippen LogP contribution is -2.22. The average molecular weight is 422 g/mol. The molecular formula is C19H23N3O4S2. The molecule has 2 amide bonds. The van der Waals surface area contributed by atoms with Crippen LogP contribution in [0.5, 0.6) is 5.75 Å². The second kappa shape index (κ2) is 8.02. The Hall–Kier alpha value is -2.23. The fourth-order valence-corrected chi connectivity index (χ4v) is 5.10. The van der Waals surface area contributed by atoms with Crippen molar-refractivity contribution in [2.45, 2.75) is 30.5 Å². The van der Waals surface area contributed by atoms with Crippen LogP contribution in [-0.2, 0) is 22.3 Å².